The van der Waals surface area contributed by atoms with Crippen LogP contribution in [0.15, 0.2) is 36.7 Å². The van der Waals surface area contributed by atoms with Crippen molar-refractivity contribution in [3.63, 3.8) is 0 Å². The summed E-state index contributed by atoms with van der Waals surface area (Å²) in [6.45, 7) is 1.87. The lowest BCUT2D eigenvalue weighted by molar-refractivity contribution is -0.118. The van der Waals surface area contributed by atoms with Gasteiger partial charge in [-0.1, -0.05) is 19.9 Å². The molecular weight excluding hydrogens is 500 g/mol. The number of benzene rings is 1. The van der Waals surface area contributed by atoms with E-state index in [1.54, 1.807) is 35.5 Å². The lowest BCUT2D eigenvalue weighted by Gasteiger charge is -2.19. The summed E-state index contributed by atoms with van der Waals surface area (Å²) in [6.07, 6.45) is 5.17. The SMILES string of the molecule is [2H]C([2H])([2H])NC(=O)c1nnc(NC(=O)C2CC2)cc1Nc1cccc(-c2ncc(N3CC(C)(C)CC3=O)cn2)c1OC. The highest BCUT2D eigenvalue weighted by molar-refractivity contribution is 6.00. The number of nitrogens with one attached hydrogen (secondary N) is 3. The zero-order valence-corrected chi connectivity index (χ0v) is 21.7. The molecule has 1 saturated heterocycles. The standard InChI is InChI=1S/C27H30N8O4/c1-27(2)11-21(36)35(14-27)16-12-29-24(30-13-16)17-6-5-7-18(23(17)39-4)31-19-10-20(32-25(37)15-8-9-15)33-34-22(19)26(38)28-3/h5-7,10,12-13,15H,8-9,11,14H2,1-4H3,(H,28,38)(H2,31,32,33,37)/i3D3. The molecule has 1 aliphatic carbocycles. The summed E-state index contributed by atoms with van der Waals surface area (Å²) in [5.74, 6) is -0.541. The number of para-hydroxylation sites is 1. The third-order valence-electron chi connectivity index (χ3n) is 6.52. The van der Waals surface area contributed by atoms with Gasteiger partial charge in [0.1, 0.15) is 0 Å². The summed E-state index contributed by atoms with van der Waals surface area (Å²) in [6, 6.07) is 6.54. The fraction of sp³-hybridized carbons (Fsp3) is 0.370. The van der Waals surface area contributed by atoms with Crippen LogP contribution >= 0.6 is 0 Å². The first-order valence-corrected chi connectivity index (χ1v) is 12.4. The minimum absolute atomic E-state index is 0.0112. The Balaban J connectivity index is 1.46. The molecule has 0 atom stereocenters. The van der Waals surface area contributed by atoms with Crippen molar-refractivity contribution >= 4 is 40.6 Å². The highest BCUT2D eigenvalue weighted by atomic mass is 16.5. The number of carbonyl (C=O) groups excluding carboxylic acids is 3. The largest absolute Gasteiger partial charge is 0.494 e. The predicted octanol–water partition coefficient (Wildman–Crippen LogP) is 3.16. The summed E-state index contributed by atoms with van der Waals surface area (Å²) in [5, 5.41) is 15.4. The molecule has 0 radical (unpaired) electrons. The Labute approximate surface area is 229 Å². The third-order valence-corrected chi connectivity index (χ3v) is 6.52. The fourth-order valence-electron chi connectivity index (χ4n) is 4.44. The van der Waals surface area contributed by atoms with E-state index in [1.165, 1.54) is 13.2 Å². The van der Waals surface area contributed by atoms with E-state index in [-0.39, 0.29) is 40.3 Å². The Bertz CT molecular complexity index is 1540. The van der Waals surface area contributed by atoms with E-state index in [0.29, 0.717) is 41.5 Å². The maximum absolute atomic E-state index is 12.8. The Morgan fingerprint density at radius 3 is 2.56 bits per heavy atom. The molecule has 12 heteroatoms. The number of ether oxygens (including phenoxy) is 1. The number of hydrogen-bond acceptors (Lipinski definition) is 9. The van der Waals surface area contributed by atoms with E-state index in [1.807, 2.05) is 19.2 Å². The van der Waals surface area contributed by atoms with Gasteiger partial charge >= 0.3 is 0 Å². The van der Waals surface area contributed by atoms with Gasteiger partial charge in [0.2, 0.25) is 11.8 Å². The highest BCUT2D eigenvalue weighted by Crippen LogP contribution is 2.38. The molecule has 1 aliphatic heterocycles. The van der Waals surface area contributed by atoms with Gasteiger partial charge in [-0.05, 0) is 30.4 Å². The number of carbonyl (C=O) groups is 3. The maximum Gasteiger partial charge on any atom is 0.273 e. The molecule has 2 aliphatic rings. The molecule has 0 bridgehead atoms. The van der Waals surface area contributed by atoms with Crippen LogP contribution in [0.25, 0.3) is 11.4 Å². The minimum Gasteiger partial charge on any atom is -0.494 e. The Morgan fingerprint density at radius 2 is 1.92 bits per heavy atom. The van der Waals surface area contributed by atoms with Crippen molar-refractivity contribution in [1.82, 2.24) is 25.5 Å². The van der Waals surface area contributed by atoms with Crippen LogP contribution in [0.1, 0.15) is 47.7 Å². The second kappa shape index (κ2) is 10.3. The summed E-state index contributed by atoms with van der Waals surface area (Å²) in [5.41, 5.74) is 1.13. The number of nitrogens with zero attached hydrogens (tertiary/aromatic N) is 5. The molecule has 12 nitrogen and oxygen atoms in total. The average Bonchev–Trinajstić information content (AvgIpc) is 3.72. The molecule has 39 heavy (non-hydrogen) atoms. The zero-order chi connectivity index (χ0) is 30.2. The Hall–Kier alpha value is -4.61. The van der Waals surface area contributed by atoms with Crippen molar-refractivity contribution in [3.8, 4) is 17.1 Å². The maximum atomic E-state index is 12.8. The number of amides is 3. The van der Waals surface area contributed by atoms with Crippen LogP contribution < -0.4 is 25.6 Å². The first-order chi connectivity index (χ1) is 19.8. The van der Waals surface area contributed by atoms with E-state index in [2.05, 4.69) is 30.8 Å². The average molecular weight is 534 g/mol. The monoisotopic (exact) mass is 533 g/mol. The van der Waals surface area contributed by atoms with Gasteiger partial charge in [-0.15, -0.1) is 10.2 Å². The minimum atomic E-state index is -2.76. The highest BCUT2D eigenvalue weighted by Gasteiger charge is 2.36. The number of aromatic nitrogens is 4. The fourth-order valence-corrected chi connectivity index (χ4v) is 4.44. The normalized spacial score (nSPS) is 17.6. The smallest absolute Gasteiger partial charge is 0.273 e. The molecule has 0 spiro atoms. The number of methoxy groups -OCH3 is 1. The quantitative estimate of drug-likeness (QED) is 0.396. The van der Waals surface area contributed by atoms with Gasteiger partial charge in [-0.2, -0.15) is 0 Å². The molecule has 2 fully saturated rings. The van der Waals surface area contributed by atoms with Crippen LogP contribution in [0.4, 0.5) is 22.9 Å². The summed E-state index contributed by atoms with van der Waals surface area (Å²) < 4.78 is 27.9. The van der Waals surface area contributed by atoms with Gasteiger partial charge < -0.3 is 25.6 Å². The van der Waals surface area contributed by atoms with E-state index in [9.17, 15) is 14.4 Å². The molecule has 0 unspecified atom stereocenters. The van der Waals surface area contributed by atoms with Crippen molar-refractivity contribution in [1.29, 1.82) is 0 Å². The van der Waals surface area contributed by atoms with Crippen molar-refractivity contribution in [2.45, 2.75) is 33.1 Å². The number of hydrogen-bond donors (Lipinski definition) is 3. The molecule has 3 N–H and O–H groups in total. The Morgan fingerprint density at radius 1 is 1.15 bits per heavy atom. The second-order valence-corrected chi connectivity index (χ2v) is 10.3. The van der Waals surface area contributed by atoms with E-state index < -0.39 is 12.9 Å². The van der Waals surface area contributed by atoms with Crippen molar-refractivity contribution in [2.75, 3.05) is 36.2 Å². The van der Waals surface area contributed by atoms with Crippen LogP contribution in [0.2, 0.25) is 0 Å². The van der Waals surface area contributed by atoms with Crippen LogP contribution in [0.5, 0.6) is 5.75 Å². The molecule has 1 saturated carbocycles. The molecule has 3 aromatic rings. The van der Waals surface area contributed by atoms with Crippen molar-refractivity contribution < 1.29 is 23.2 Å². The van der Waals surface area contributed by atoms with Crippen molar-refractivity contribution in [2.24, 2.45) is 11.3 Å². The molecular formula is C27H30N8O4. The lowest BCUT2D eigenvalue weighted by atomic mass is 9.93. The van der Waals surface area contributed by atoms with Crippen LogP contribution in [0, 0.1) is 11.3 Å². The zero-order valence-electron chi connectivity index (χ0n) is 24.7. The van der Waals surface area contributed by atoms with E-state index in [4.69, 9.17) is 8.85 Å². The summed E-state index contributed by atoms with van der Waals surface area (Å²) in [7, 11) is 1.46. The topological polar surface area (TPSA) is 151 Å². The van der Waals surface area contributed by atoms with Crippen molar-refractivity contribution in [3.05, 3.63) is 42.4 Å². The number of anilines is 4. The van der Waals surface area contributed by atoms with Crippen LogP contribution in [0.3, 0.4) is 0 Å². The van der Waals surface area contributed by atoms with Gasteiger partial charge in [0.25, 0.3) is 5.91 Å². The van der Waals surface area contributed by atoms with Gasteiger partial charge in [-0.3, -0.25) is 14.4 Å². The molecule has 3 heterocycles. The first-order valence-electron chi connectivity index (χ1n) is 13.9. The molecule has 2 aromatic heterocycles. The summed E-state index contributed by atoms with van der Waals surface area (Å²) >= 11 is 0. The first kappa shape index (κ1) is 22.4. The van der Waals surface area contributed by atoms with Gasteiger partial charge in [-0.25, -0.2) is 9.97 Å². The van der Waals surface area contributed by atoms with Crippen LogP contribution in [-0.4, -0.2) is 58.5 Å². The molecule has 1 aromatic carbocycles. The van der Waals surface area contributed by atoms with Crippen LogP contribution in [-0.2, 0) is 9.59 Å². The summed E-state index contributed by atoms with van der Waals surface area (Å²) in [4.78, 5) is 48.2. The van der Waals surface area contributed by atoms with Gasteiger partial charge in [0, 0.05) is 36.0 Å². The Kier molecular flexibility index (Phi) is 5.90. The van der Waals surface area contributed by atoms with E-state index >= 15 is 0 Å². The third kappa shape index (κ3) is 5.49. The van der Waals surface area contributed by atoms with E-state index in [0.717, 1.165) is 12.8 Å². The predicted molar refractivity (Wildman–Crippen MR) is 145 cm³/mol. The lowest BCUT2D eigenvalue weighted by Crippen LogP contribution is -2.26. The molecule has 202 valence electrons. The second-order valence-electron chi connectivity index (χ2n) is 10.3. The molecule has 5 rings (SSSR count). The molecule has 3 amide bonds. The van der Waals surface area contributed by atoms with Gasteiger partial charge in [0.05, 0.1) is 42.1 Å². The number of rotatable bonds is 8. The van der Waals surface area contributed by atoms with Gasteiger partial charge in [0.15, 0.2) is 23.1 Å².